The number of nitrogens with one attached hydrogen (secondary N) is 2. The molecule has 1 aromatic rings. The second-order valence-corrected chi connectivity index (χ2v) is 5.12. The Hall–Kier alpha value is -0.620. The van der Waals surface area contributed by atoms with Gasteiger partial charge < -0.3 is 5.32 Å². The minimum absolute atomic E-state index is 0. The van der Waals surface area contributed by atoms with Crippen LogP contribution in [0.15, 0.2) is 35.2 Å². The predicted octanol–water partition coefficient (Wildman–Crippen LogP) is 0.995. The van der Waals surface area contributed by atoms with Crippen molar-refractivity contribution in [3.63, 3.8) is 0 Å². The summed E-state index contributed by atoms with van der Waals surface area (Å²) in [7, 11) is -1.56. The highest BCUT2D eigenvalue weighted by Crippen LogP contribution is 2.06. The van der Waals surface area contributed by atoms with Crippen LogP contribution in [0.5, 0.6) is 0 Å². The van der Waals surface area contributed by atoms with E-state index in [0.717, 1.165) is 0 Å². The van der Waals surface area contributed by atoms with Crippen molar-refractivity contribution in [2.45, 2.75) is 17.9 Å². The lowest BCUT2D eigenvalue weighted by atomic mass is 10.4. The first-order valence-electron chi connectivity index (χ1n) is 4.78. The molecule has 0 aliphatic rings. The molecule has 92 valence electrons. The van der Waals surface area contributed by atoms with Crippen LogP contribution >= 0.6 is 12.4 Å². The average Bonchev–Trinajstić information content (AvgIpc) is 2.27. The Morgan fingerprint density at radius 3 is 2.31 bits per heavy atom. The van der Waals surface area contributed by atoms with Crippen LogP contribution < -0.4 is 10.0 Å². The van der Waals surface area contributed by atoms with E-state index in [9.17, 15) is 8.42 Å². The van der Waals surface area contributed by atoms with Gasteiger partial charge in [0.05, 0.1) is 4.90 Å². The fourth-order valence-corrected chi connectivity index (χ4v) is 2.17. The Balaban J connectivity index is 0.00000225. The topological polar surface area (TPSA) is 58.2 Å². The smallest absolute Gasteiger partial charge is 0.240 e. The molecule has 16 heavy (non-hydrogen) atoms. The number of sulfonamides is 1. The average molecular weight is 265 g/mol. The van der Waals surface area contributed by atoms with Gasteiger partial charge in [-0.15, -0.1) is 12.4 Å². The lowest BCUT2D eigenvalue weighted by Gasteiger charge is -2.11. The Bertz CT molecular complexity index is 395. The summed E-state index contributed by atoms with van der Waals surface area (Å²) >= 11 is 0. The van der Waals surface area contributed by atoms with Crippen molar-refractivity contribution < 1.29 is 8.42 Å². The van der Waals surface area contributed by atoms with Gasteiger partial charge in [-0.3, -0.25) is 0 Å². The van der Waals surface area contributed by atoms with Crippen molar-refractivity contribution in [2.24, 2.45) is 0 Å². The van der Waals surface area contributed by atoms with Crippen LogP contribution in [-0.2, 0) is 10.0 Å². The molecular formula is C10H17ClN2O2S. The Labute approximate surface area is 103 Å². The Morgan fingerprint density at radius 2 is 1.81 bits per heavy atom. The van der Waals surface area contributed by atoms with Crippen LogP contribution in [0.1, 0.15) is 6.92 Å². The number of halogens is 1. The second kappa shape index (κ2) is 6.85. The van der Waals surface area contributed by atoms with E-state index in [1.807, 2.05) is 6.92 Å². The van der Waals surface area contributed by atoms with Gasteiger partial charge >= 0.3 is 0 Å². The van der Waals surface area contributed by atoms with E-state index in [4.69, 9.17) is 0 Å². The largest absolute Gasteiger partial charge is 0.316 e. The molecule has 4 nitrogen and oxygen atoms in total. The van der Waals surface area contributed by atoms with E-state index in [2.05, 4.69) is 10.0 Å². The number of rotatable bonds is 5. The first kappa shape index (κ1) is 15.4. The molecule has 0 aliphatic heterocycles. The number of likely N-dealkylation sites (N-methyl/N-ethyl adjacent to an activating group) is 1. The molecule has 0 amide bonds. The zero-order valence-corrected chi connectivity index (χ0v) is 10.9. The maximum atomic E-state index is 11.7. The molecule has 1 rings (SSSR count). The molecule has 0 heterocycles. The Kier molecular flexibility index (Phi) is 6.59. The van der Waals surface area contributed by atoms with Crippen molar-refractivity contribution in [2.75, 3.05) is 13.6 Å². The summed E-state index contributed by atoms with van der Waals surface area (Å²) in [5, 5.41) is 2.96. The molecule has 0 spiro atoms. The molecule has 0 aromatic heterocycles. The molecule has 0 saturated heterocycles. The molecule has 2 N–H and O–H groups in total. The van der Waals surface area contributed by atoms with Crippen LogP contribution in [0, 0.1) is 0 Å². The predicted molar refractivity (Wildman–Crippen MR) is 67.4 cm³/mol. The van der Waals surface area contributed by atoms with Crippen LogP contribution in [0.25, 0.3) is 0 Å². The van der Waals surface area contributed by atoms with E-state index < -0.39 is 10.0 Å². The molecule has 1 unspecified atom stereocenters. The van der Waals surface area contributed by atoms with Crippen molar-refractivity contribution in [1.82, 2.24) is 10.0 Å². The first-order chi connectivity index (χ1) is 7.06. The van der Waals surface area contributed by atoms with Gasteiger partial charge in [-0.05, 0) is 26.1 Å². The second-order valence-electron chi connectivity index (χ2n) is 3.35. The fourth-order valence-electron chi connectivity index (χ4n) is 1.02. The van der Waals surface area contributed by atoms with Gasteiger partial charge in [0.15, 0.2) is 0 Å². The third-order valence-electron chi connectivity index (χ3n) is 2.13. The highest BCUT2D eigenvalue weighted by molar-refractivity contribution is 7.89. The van der Waals surface area contributed by atoms with Crippen LogP contribution in [0.4, 0.5) is 0 Å². The summed E-state index contributed by atoms with van der Waals surface area (Å²) in [5.74, 6) is 0. The zero-order valence-electron chi connectivity index (χ0n) is 9.30. The Morgan fingerprint density at radius 1 is 1.25 bits per heavy atom. The maximum absolute atomic E-state index is 11.7. The summed E-state index contributed by atoms with van der Waals surface area (Å²) in [4.78, 5) is 0.299. The van der Waals surface area contributed by atoms with Gasteiger partial charge in [0.1, 0.15) is 0 Å². The van der Waals surface area contributed by atoms with Crippen molar-refractivity contribution in [3.8, 4) is 0 Å². The molecule has 0 saturated carbocycles. The van der Waals surface area contributed by atoms with E-state index in [-0.39, 0.29) is 18.4 Å². The number of benzene rings is 1. The van der Waals surface area contributed by atoms with Gasteiger partial charge in [-0.1, -0.05) is 18.2 Å². The van der Waals surface area contributed by atoms with Crippen LogP contribution in [0.2, 0.25) is 0 Å². The third kappa shape index (κ3) is 4.49. The van der Waals surface area contributed by atoms with E-state index in [1.54, 1.807) is 37.4 Å². The molecule has 6 heteroatoms. The van der Waals surface area contributed by atoms with Crippen LogP contribution in [0.3, 0.4) is 0 Å². The van der Waals surface area contributed by atoms with Crippen molar-refractivity contribution in [3.05, 3.63) is 30.3 Å². The number of hydrogen-bond donors (Lipinski definition) is 2. The van der Waals surface area contributed by atoms with E-state index in [1.165, 1.54) is 0 Å². The van der Waals surface area contributed by atoms with Crippen molar-refractivity contribution in [1.29, 1.82) is 0 Å². The summed E-state index contributed by atoms with van der Waals surface area (Å²) in [6.07, 6.45) is 0. The third-order valence-corrected chi connectivity index (χ3v) is 3.57. The van der Waals surface area contributed by atoms with E-state index in [0.29, 0.717) is 11.4 Å². The molecule has 0 radical (unpaired) electrons. The lowest BCUT2D eigenvalue weighted by Crippen LogP contribution is -2.37. The molecule has 0 fully saturated rings. The summed E-state index contributed by atoms with van der Waals surface area (Å²) in [6.45, 7) is 2.29. The fraction of sp³-hybridized carbons (Fsp3) is 0.400. The normalized spacial score (nSPS) is 12.9. The summed E-state index contributed by atoms with van der Waals surface area (Å²) < 4.78 is 26.0. The SMILES string of the molecule is CNC(C)CNS(=O)(=O)c1ccccc1.Cl. The number of hydrogen-bond acceptors (Lipinski definition) is 3. The summed E-state index contributed by atoms with van der Waals surface area (Å²) in [6, 6.07) is 8.46. The first-order valence-corrected chi connectivity index (χ1v) is 6.26. The van der Waals surface area contributed by atoms with E-state index >= 15 is 0 Å². The quantitative estimate of drug-likeness (QED) is 0.834. The van der Waals surface area contributed by atoms with Gasteiger partial charge in [0.25, 0.3) is 0 Å². The lowest BCUT2D eigenvalue weighted by molar-refractivity contribution is 0.554. The molecule has 0 bridgehead atoms. The highest BCUT2D eigenvalue weighted by Gasteiger charge is 2.13. The minimum atomic E-state index is -3.36. The molecule has 1 atom stereocenters. The molecular weight excluding hydrogens is 248 g/mol. The highest BCUT2D eigenvalue weighted by atomic mass is 35.5. The van der Waals surface area contributed by atoms with Crippen molar-refractivity contribution >= 4 is 22.4 Å². The zero-order chi connectivity index (χ0) is 11.3. The monoisotopic (exact) mass is 264 g/mol. The maximum Gasteiger partial charge on any atom is 0.240 e. The van der Waals surface area contributed by atoms with Gasteiger partial charge in [-0.2, -0.15) is 0 Å². The standard InChI is InChI=1S/C10H16N2O2S.ClH/c1-9(11-2)8-12-15(13,14)10-6-4-3-5-7-10;/h3-7,9,11-12H,8H2,1-2H3;1H. The molecule has 1 aromatic carbocycles. The van der Waals surface area contributed by atoms with Gasteiger partial charge in [0.2, 0.25) is 10.0 Å². The van der Waals surface area contributed by atoms with Gasteiger partial charge in [0, 0.05) is 12.6 Å². The van der Waals surface area contributed by atoms with Gasteiger partial charge in [-0.25, -0.2) is 13.1 Å². The van der Waals surface area contributed by atoms with Crippen LogP contribution in [-0.4, -0.2) is 28.1 Å². The molecule has 0 aliphatic carbocycles. The summed E-state index contributed by atoms with van der Waals surface area (Å²) in [5.41, 5.74) is 0. The minimum Gasteiger partial charge on any atom is -0.316 e.